The van der Waals surface area contributed by atoms with Gasteiger partial charge < -0.3 is 0 Å². The quantitative estimate of drug-likeness (QED) is 0.563. The van der Waals surface area contributed by atoms with Crippen LogP contribution in [0.2, 0.25) is 10.3 Å². The lowest BCUT2D eigenvalue weighted by molar-refractivity contribution is 0.586. The van der Waals surface area contributed by atoms with Gasteiger partial charge in [0, 0.05) is 11.4 Å². The molecule has 0 radical (unpaired) electrons. The van der Waals surface area contributed by atoms with E-state index < -0.39 is 0 Å². The second-order valence-corrected chi connectivity index (χ2v) is 9.47. The topological polar surface area (TPSA) is 25.8 Å². The third-order valence-corrected chi connectivity index (χ3v) is 4.68. The Morgan fingerprint density at radius 1 is 0.680 bits per heavy atom. The standard InChI is InChI=1S/C21H28Cl2N2/c1-20(2,3)14-10-16(24-18(22)12-14)8-7-9-17-11-15(21(4,5)6)13-19(23)25-17/h10-13H,7-9H2,1-6H3. The monoisotopic (exact) mass is 378 g/mol. The van der Waals surface area contributed by atoms with Gasteiger partial charge in [-0.3, -0.25) is 0 Å². The minimum atomic E-state index is 0.0669. The lowest BCUT2D eigenvalue weighted by Gasteiger charge is -2.20. The van der Waals surface area contributed by atoms with Gasteiger partial charge in [-0.05, 0) is 65.5 Å². The van der Waals surface area contributed by atoms with Crippen molar-refractivity contribution >= 4 is 23.2 Å². The predicted octanol–water partition coefficient (Wildman–Crippen LogP) is 6.55. The summed E-state index contributed by atoms with van der Waals surface area (Å²) in [7, 11) is 0. The van der Waals surface area contributed by atoms with Gasteiger partial charge in [0.05, 0.1) is 0 Å². The normalized spacial score (nSPS) is 12.5. The third kappa shape index (κ3) is 5.97. The Hall–Kier alpha value is -1.12. The minimum Gasteiger partial charge on any atom is -0.241 e. The molecule has 0 aliphatic carbocycles. The Morgan fingerprint density at radius 3 is 1.36 bits per heavy atom. The van der Waals surface area contributed by atoms with Gasteiger partial charge in [0.1, 0.15) is 10.3 Å². The van der Waals surface area contributed by atoms with Crippen LogP contribution in [0.1, 0.15) is 70.5 Å². The summed E-state index contributed by atoms with van der Waals surface area (Å²) in [5.41, 5.74) is 4.65. The Morgan fingerprint density at radius 2 is 1.04 bits per heavy atom. The van der Waals surface area contributed by atoms with Gasteiger partial charge in [0.25, 0.3) is 0 Å². The van der Waals surface area contributed by atoms with E-state index in [1.165, 1.54) is 11.1 Å². The Labute approximate surface area is 162 Å². The number of halogens is 2. The van der Waals surface area contributed by atoms with Crippen molar-refractivity contribution < 1.29 is 0 Å². The van der Waals surface area contributed by atoms with Crippen LogP contribution in [0, 0.1) is 0 Å². The maximum Gasteiger partial charge on any atom is 0.129 e. The first-order valence-electron chi connectivity index (χ1n) is 8.79. The highest BCUT2D eigenvalue weighted by molar-refractivity contribution is 6.29. The van der Waals surface area contributed by atoms with Crippen molar-refractivity contribution in [3.8, 4) is 0 Å². The molecule has 0 atom stereocenters. The molecule has 0 amide bonds. The average molecular weight is 379 g/mol. The van der Waals surface area contributed by atoms with E-state index in [1.54, 1.807) is 0 Å². The molecule has 0 N–H and O–H groups in total. The summed E-state index contributed by atoms with van der Waals surface area (Å²) in [4.78, 5) is 8.94. The second kappa shape index (κ2) is 7.63. The van der Waals surface area contributed by atoms with Gasteiger partial charge in [0.15, 0.2) is 0 Å². The molecule has 2 nitrogen and oxygen atoms in total. The molecule has 136 valence electrons. The SMILES string of the molecule is CC(C)(C)c1cc(Cl)nc(CCCc2cc(C(C)(C)C)cc(Cl)n2)c1. The fourth-order valence-corrected chi connectivity index (χ4v) is 3.13. The summed E-state index contributed by atoms with van der Waals surface area (Å²) < 4.78 is 0. The number of hydrogen-bond donors (Lipinski definition) is 0. The molecule has 0 aliphatic heterocycles. The Bertz CT molecular complexity index is 677. The molecular weight excluding hydrogens is 351 g/mol. The molecule has 2 heterocycles. The van der Waals surface area contributed by atoms with Crippen LogP contribution >= 0.6 is 23.2 Å². The van der Waals surface area contributed by atoms with E-state index in [9.17, 15) is 0 Å². The molecule has 0 unspecified atom stereocenters. The molecule has 25 heavy (non-hydrogen) atoms. The predicted molar refractivity (Wildman–Crippen MR) is 108 cm³/mol. The highest BCUT2D eigenvalue weighted by atomic mass is 35.5. The van der Waals surface area contributed by atoms with Crippen LogP contribution in [-0.2, 0) is 23.7 Å². The first-order valence-corrected chi connectivity index (χ1v) is 9.54. The van der Waals surface area contributed by atoms with E-state index in [2.05, 4.69) is 63.6 Å². The van der Waals surface area contributed by atoms with E-state index >= 15 is 0 Å². The van der Waals surface area contributed by atoms with E-state index in [0.29, 0.717) is 10.3 Å². The number of hydrogen-bond acceptors (Lipinski definition) is 2. The smallest absolute Gasteiger partial charge is 0.129 e. The summed E-state index contributed by atoms with van der Waals surface area (Å²) in [6, 6.07) is 8.24. The molecule has 0 aliphatic rings. The van der Waals surface area contributed by atoms with E-state index in [4.69, 9.17) is 23.2 Å². The maximum absolute atomic E-state index is 6.20. The van der Waals surface area contributed by atoms with Crippen LogP contribution in [0.5, 0.6) is 0 Å². The van der Waals surface area contributed by atoms with Gasteiger partial charge in [-0.15, -0.1) is 0 Å². The number of aromatic nitrogens is 2. The van der Waals surface area contributed by atoms with E-state index in [-0.39, 0.29) is 10.8 Å². The summed E-state index contributed by atoms with van der Waals surface area (Å²) in [6.07, 6.45) is 2.72. The Balaban J connectivity index is 2.09. The lowest BCUT2D eigenvalue weighted by atomic mass is 9.86. The van der Waals surface area contributed by atoms with Crippen molar-refractivity contribution in [3.05, 3.63) is 57.1 Å². The molecule has 0 saturated heterocycles. The maximum atomic E-state index is 6.20. The zero-order valence-electron chi connectivity index (χ0n) is 16.1. The second-order valence-electron chi connectivity index (χ2n) is 8.69. The van der Waals surface area contributed by atoms with Crippen LogP contribution in [0.25, 0.3) is 0 Å². The van der Waals surface area contributed by atoms with Crippen molar-refractivity contribution in [1.82, 2.24) is 9.97 Å². The fourth-order valence-electron chi connectivity index (χ4n) is 2.68. The highest BCUT2D eigenvalue weighted by Gasteiger charge is 2.17. The molecule has 0 bridgehead atoms. The zero-order chi connectivity index (χ0) is 18.8. The molecule has 2 rings (SSSR count). The zero-order valence-corrected chi connectivity index (χ0v) is 17.6. The summed E-state index contributed by atoms with van der Waals surface area (Å²) in [5.74, 6) is 0. The summed E-state index contributed by atoms with van der Waals surface area (Å²) in [6.45, 7) is 13.1. The first kappa shape index (κ1) is 20.2. The van der Waals surface area contributed by atoms with Crippen molar-refractivity contribution in [3.63, 3.8) is 0 Å². The van der Waals surface area contributed by atoms with Crippen LogP contribution in [0.4, 0.5) is 0 Å². The third-order valence-electron chi connectivity index (χ3n) is 4.29. The molecule has 0 fully saturated rings. The largest absolute Gasteiger partial charge is 0.241 e. The van der Waals surface area contributed by atoms with Crippen LogP contribution in [0.3, 0.4) is 0 Å². The highest BCUT2D eigenvalue weighted by Crippen LogP contribution is 2.27. The van der Waals surface area contributed by atoms with Crippen molar-refractivity contribution in [1.29, 1.82) is 0 Å². The minimum absolute atomic E-state index is 0.0669. The van der Waals surface area contributed by atoms with Crippen molar-refractivity contribution in [2.45, 2.75) is 71.6 Å². The van der Waals surface area contributed by atoms with Crippen molar-refractivity contribution in [2.75, 3.05) is 0 Å². The fraction of sp³-hybridized carbons (Fsp3) is 0.524. The molecule has 2 aromatic heterocycles. The van der Waals surface area contributed by atoms with Crippen LogP contribution in [0.15, 0.2) is 24.3 Å². The van der Waals surface area contributed by atoms with Gasteiger partial charge in [-0.25, -0.2) is 9.97 Å². The van der Waals surface area contributed by atoms with E-state index in [1.807, 2.05) is 12.1 Å². The van der Waals surface area contributed by atoms with Gasteiger partial charge in [-0.1, -0.05) is 64.7 Å². The van der Waals surface area contributed by atoms with Crippen LogP contribution < -0.4 is 0 Å². The Kier molecular flexibility index (Phi) is 6.17. The van der Waals surface area contributed by atoms with Gasteiger partial charge in [-0.2, -0.15) is 0 Å². The first-order chi connectivity index (χ1) is 11.4. The molecular formula is C21H28Cl2N2. The van der Waals surface area contributed by atoms with Gasteiger partial charge >= 0.3 is 0 Å². The van der Waals surface area contributed by atoms with E-state index in [0.717, 1.165) is 30.7 Å². The number of nitrogens with zero attached hydrogens (tertiary/aromatic N) is 2. The lowest BCUT2D eigenvalue weighted by Crippen LogP contribution is -2.13. The number of rotatable bonds is 4. The summed E-state index contributed by atoms with van der Waals surface area (Å²) >= 11 is 12.4. The van der Waals surface area contributed by atoms with Crippen molar-refractivity contribution in [2.24, 2.45) is 0 Å². The average Bonchev–Trinajstić information content (AvgIpc) is 2.44. The van der Waals surface area contributed by atoms with Gasteiger partial charge in [0.2, 0.25) is 0 Å². The molecule has 2 aromatic rings. The molecule has 0 spiro atoms. The number of pyridine rings is 2. The van der Waals surface area contributed by atoms with Crippen LogP contribution in [-0.4, -0.2) is 9.97 Å². The summed E-state index contributed by atoms with van der Waals surface area (Å²) in [5, 5.41) is 1.14. The number of aryl methyl sites for hydroxylation is 2. The molecule has 0 saturated carbocycles. The molecule has 4 heteroatoms. The molecule has 0 aromatic carbocycles.